The molecule has 0 spiro atoms. The number of hydrogen-bond acceptors (Lipinski definition) is 3. The van der Waals surface area contributed by atoms with Crippen LogP contribution in [0.4, 0.5) is 4.79 Å². The van der Waals surface area contributed by atoms with Crippen LogP contribution in [0.3, 0.4) is 0 Å². The van der Waals surface area contributed by atoms with Crippen LogP contribution in [-0.4, -0.2) is 17.7 Å². The summed E-state index contributed by atoms with van der Waals surface area (Å²) in [7, 11) is 0. The zero-order valence-electron chi connectivity index (χ0n) is 12.3. The number of alkyl carbamates (subject to hydrolysis) is 1. The van der Waals surface area contributed by atoms with Crippen LogP contribution in [0, 0.1) is 11.3 Å². The van der Waals surface area contributed by atoms with E-state index in [0.29, 0.717) is 0 Å². The third-order valence-corrected chi connectivity index (χ3v) is 2.68. The quantitative estimate of drug-likeness (QED) is 0.894. The van der Waals surface area contributed by atoms with Crippen molar-refractivity contribution in [3.8, 4) is 6.07 Å². The average molecular weight is 274 g/mol. The number of nitrogens with one attached hydrogen (secondary N) is 1. The topological polar surface area (TPSA) is 62.1 Å². The molecule has 20 heavy (non-hydrogen) atoms. The molecule has 108 valence electrons. The molecule has 1 aromatic rings. The van der Waals surface area contributed by atoms with Crippen LogP contribution >= 0.6 is 0 Å². The number of ether oxygens (including phenoxy) is 1. The van der Waals surface area contributed by atoms with Crippen molar-refractivity contribution in [1.29, 1.82) is 5.26 Å². The lowest BCUT2D eigenvalue weighted by atomic mass is 10.0. The maximum absolute atomic E-state index is 11.7. The van der Waals surface area contributed by atoms with Crippen molar-refractivity contribution < 1.29 is 9.53 Å². The van der Waals surface area contributed by atoms with Crippen LogP contribution in [0.15, 0.2) is 30.3 Å². The monoisotopic (exact) mass is 274 g/mol. The molecule has 1 amide bonds. The van der Waals surface area contributed by atoms with Gasteiger partial charge in [0.05, 0.1) is 12.5 Å². The summed E-state index contributed by atoms with van der Waals surface area (Å²) >= 11 is 0. The minimum absolute atomic E-state index is 0.185. The SMILES string of the molecule is CC(C)(C)OC(=O)NC(CC#N)CCc1ccccc1. The number of rotatable bonds is 5. The molecule has 0 aliphatic rings. The van der Waals surface area contributed by atoms with Gasteiger partial charge in [0, 0.05) is 6.04 Å². The number of carbonyl (C=O) groups is 1. The molecule has 0 aliphatic heterocycles. The Labute approximate surface area is 120 Å². The summed E-state index contributed by atoms with van der Waals surface area (Å²) in [5.41, 5.74) is 0.669. The predicted molar refractivity (Wildman–Crippen MR) is 78.2 cm³/mol. The zero-order valence-corrected chi connectivity index (χ0v) is 12.3. The highest BCUT2D eigenvalue weighted by atomic mass is 16.6. The molecule has 0 aliphatic carbocycles. The fraction of sp³-hybridized carbons (Fsp3) is 0.500. The highest BCUT2D eigenvalue weighted by Crippen LogP contribution is 2.10. The van der Waals surface area contributed by atoms with Crippen molar-refractivity contribution in [2.75, 3.05) is 0 Å². The summed E-state index contributed by atoms with van der Waals surface area (Å²) in [5, 5.41) is 11.6. The van der Waals surface area contributed by atoms with E-state index in [-0.39, 0.29) is 12.5 Å². The van der Waals surface area contributed by atoms with Crippen molar-refractivity contribution in [2.45, 2.75) is 51.7 Å². The van der Waals surface area contributed by atoms with Gasteiger partial charge in [-0.25, -0.2) is 4.79 Å². The predicted octanol–water partition coefficient (Wildman–Crippen LogP) is 3.43. The van der Waals surface area contributed by atoms with Crippen LogP contribution in [0.25, 0.3) is 0 Å². The summed E-state index contributed by atoms with van der Waals surface area (Å²) in [6, 6.07) is 11.9. The molecular formula is C16H22N2O2. The maximum atomic E-state index is 11.7. The van der Waals surface area contributed by atoms with Crippen molar-refractivity contribution in [3.05, 3.63) is 35.9 Å². The van der Waals surface area contributed by atoms with Gasteiger partial charge < -0.3 is 10.1 Å². The molecule has 0 radical (unpaired) electrons. The Morgan fingerprint density at radius 2 is 2.00 bits per heavy atom. The van der Waals surface area contributed by atoms with Crippen LogP contribution in [0.2, 0.25) is 0 Å². The van der Waals surface area contributed by atoms with E-state index in [1.807, 2.05) is 51.1 Å². The minimum atomic E-state index is -0.527. The van der Waals surface area contributed by atoms with Gasteiger partial charge in [-0.15, -0.1) is 0 Å². The molecule has 1 aromatic carbocycles. The Morgan fingerprint density at radius 3 is 2.55 bits per heavy atom. The molecule has 4 nitrogen and oxygen atoms in total. The summed E-state index contributed by atoms with van der Waals surface area (Å²) < 4.78 is 5.21. The van der Waals surface area contributed by atoms with E-state index >= 15 is 0 Å². The highest BCUT2D eigenvalue weighted by molar-refractivity contribution is 5.68. The van der Waals surface area contributed by atoms with E-state index < -0.39 is 11.7 Å². The first-order valence-electron chi connectivity index (χ1n) is 6.81. The van der Waals surface area contributed by atoms with E-state index in [2.05, 4.69) is 11.4 Å². The third-order valence-electron chi connectivity index (χ3n) is 2.68. The molecule has 0 heterocycles. The molecule has 0 saturated carbocycles. The third kappa shape index (κ3) is 6.79. The standard InChI is InChI=1S/C16H22N2O2/c1-16(2,3)20-15(19)18-14(11-12-17)10-9-13-7-5-4-6-8-13/h4-8,14H,9-11H2,1-3H3,(H,18,19). The van der Waals surface area contributed by atoms with Crippen molar-refractivity contribution >= 4 is 6.09 Å². The fourth-order valence-electron chi connectivity index (χ4n) is 1.80. The summed E-state index contributed by atoms with van der Waals surface area (Å²) in [5.74, 6) is 0. The highest BCUT2D eigenvalue weighted by Gasteiger charge is 2.19. The largest absolute Gasteiger partial charge is 0.444 e. The lowest BCUT2D eigenvalue weighted by Crippen LogP contribution is -2.39. The van der Waals surface area contributed by atoms with Crippen molar-refractivity contribution in [2.24, 2.45) is 0 Å². The minimum Gasteiger partial charge on any atom is -0.444 e. The Hall–Kier alpha value is -2.02. The van der Waals surface area contributed by atoms with Gasteiger partial charge in [-0.3, -0.25) is 0 Å². The van der Waals surface area contributed by atoms with Gasteiger partial charge in [-0.05, 0) is 39.2 Å². The molecule has 1 atom stereocenters. The number of aryl methyl sites for hydroxylation is 1. The van der Waals surface area contributed by atoms with Gasteiger partial charge in [-0.2, -0.15) is 5.26 Å². The second kappa shape index (κ2) is 7.54. The van der Waals surface area contributed by atoms with E-state index in [0.717, 1.165) is 12.8 Å². The van der Waals surface area contributed by atoms with Crippen molar-refractivity contribution in [3.63, 3.8) is 0 Å². The average Bonchev–Trinajstić information content (AvgIpc) is 2.35. The molecule has 0 saturated heterocycles. The van der Waals surface area contributed by atoms with Crippen LogP contribution in [0.5, 0.6) is 0 Å². The molecule has 1 unspecified atom stereocenters. The smallest absolute Gasteiger partial charge is 0.407 e. The van der Waals surface area contributed by atoms with Gasteiger partial charge in [0.25, 0.3) is 0 Å². The summed E-state index contributed by atoms with van der Waals surface area (Å²) in [6.45, 7) is 5.45. The Balaban J connectivity index is 2.48. The van der Waals surface area contributed by atoms with Gasteiger partial charge in [0.15, 0.2) is 0 Å². The lowest BCUT2D eigenvalue weighted by molar-refractivity contribution is 0.0503. The Kier molecular flexibility index (Phi) is 6.05. The normalized spacial score (nSPS) is 12.3. The van der Waals surface area contributed by atoms with E-state index in [1.165, 1.54) is 5.56 Å². The van der Waals surface area contributed by atoms with E-state index in [1.54, 1.807) is 0 Å². The fourth-order valence-corrected chi connectivity index (χ4v) is 1.80. The molecule has 0 fully saturated rings. The number of carbonyl (C=O) groups excluding carboxylic acids is 1. The van der Waals surface area contributed by atoms with Gasteiger partial charge in [-0.1, -0.05) is 30.3 Å². The van der Waals surface area contributed by atoms with Crippen LogP contribution in [0.1, 0.15) is 39.2 Å². The second-order valence-electron chi connectivity index (χ2n) is 5.73. The lowest BCUT2D eigenvalue weighted by Gasteiger charge is -2.22. The first kappa shape index (κ1) is 16.0. The maximum Gasteiger partial charge on any atom is 0.407 e. The van der Waals surface area contributed by atoms with E-state index in [4.69, 9.17) is 10.00 Å². The second-order valence-corrected chi connectivity index (χ2v) is 5.73. The van der Waals surface area contributed by atoms with Crippen LogP contribution < -0.4 is 5.32 Å². The zero-order chi connectivity index (χ0) is 15.0. The Bertz CT molecular complexity index is 458. The molecule has 4 heteroatoms. The first-order valence-corrected chi connectivity index (χ1v) is 6.81. The molecule has 1 N–H and O–H groups in total. The Morgan fingerprint density at radius 1 is 1.35 bits per heavy atom. The molecular weight excluding hydrogens is 252 g/mol. The van der Waals surface area contributed by atoms with Crippen molar-refractivity contribution in [1.82, 2.24) is 5.32 Å². The number of hydrogen-bond donors (Lipinski definition) is 1. The number of nitrogens with zero attached hydrogens (tertiary/aromatic N) is 1. The van der Waals surface area contributed by atoms with Gasteiger partial charge in [0.2, 0.25) is 0 Å². The van der Waals surface area contributed by atoms with E-state index in [9.17, 15) is 4.79 Å². The number of benzene rings is 1. The molecule has 0 aromatic heterocycles. The van der Waals surface area contributed by atoms with Gasteiger partial charge >= 0.3 is 6.09 Å². The number of amides is 1. The first-order chi connectivity index (χ1) is 9.40. The van der Waals surface area contributed by atoms with Gasteiger partial charge in [0.1, 0.15) is 5.60 Å². The molecule has 1 rings (SSSR count). The molecule has 0 bridgehead atoms. The number of nitriles is 1. The van der Waals surface area contributed by atoms with Crippen LogP contribution in [-0.2, 0) is 11.2 Å². The summed E-state index contributed by atoms with van der Waals surface area (Å²) in [6.07, 6.45) is 1.36. The summed E-state index contributed by atoms with van der Waals surface area (Å²) in [4.78, 5) is 11.7.